The molecule has 0 aromatic rings. The van der Waals surface area contributed by atoms with E-state index in [4.69, 9.17) is 52.1 Å². The summed E-state index contributed by atoms with van der Waals surface area (Å²) in [5.41, 5.74) is 0. The van der Waals surface area contributed by atoms with E-state index in [0.717, 1.165) is 0 Å². The molecule has 0 fully saturated rings. The van der Waals surface area contributed by atoms with Crippen LogP contribution in [0.2, 0.25) is 0 Å². The molecule has 15 nitrogen and oxygen atoms in total. The van der Waals surface area contributed by atoms with E-state index >= 15 is 0 Å². The molecule has 0 aliphatic heterocycles. The van der Waals surface area contributed by atoms with Crippen molar-refractivity contribution in [3.63, 3.8) is 0 Å². The summed E-state index contributed by atoms with van der Waals surface area (Å²) in [4.78, 5) is 34.0. The van der Waals surface area contributed by atoms with Crippen LogP contribution < -0.4 is 33.1 Å². The third-order valence-corrected chi connectivity index (χ3v) is 0. The standard InChI is InChI=1S/HNO3.3H3N.H3O4P.H2O4S/c2-1(3)4;;;;2*1-5(2,3)4/h(H,2,3,4);3*1H3;(H3,1,2,3,4);(H2,1,2,3,4). The van der Waals surface area contributed by atoms with Gasteiger partial charge in [0.05, 0.1) is 0 Å². The second-order valence-electron chi connectivity index (χ2n) is 1.13. The van der Waals surface area contributed by atoms with Crippen molar-refractivity contribution in [2.45, 2.75) is 0 Å². The second kappa shape index (κ2) is 15.1. The summed E-state index contributed by atoms with van der Waals surface area (Å²) in [6.07, 6.45) is 0. The van der Waals surface area contributed by atoms with Gasteiger partial charge in [0.15, 0.2) is 0 Å². The summed E-state index contributed by atoms with van der Waals surface area (Å²) in [6.45, 7) is 0. The Morgan fingerprint density at radius 1 is 1.00 bits per heavy atom. The number of phosphoric acid groups is 1. The molecule has 0 saturated carbocycles. The van der Waals surface area contributed by atoms with Gasteiger partial charge in [0, 0.05) is 0 Å². The summed E-state index contributed by atoms with van der Waals surface area (Å²) < 4.78 is 40.1. The zero-order valence-corrected chi connectivity index (χ0v) is 10.6. The first-order chi connectivity index (χ1) is 5.73. The van der Waals surface area contributed by atoms with Crippen molar-refractivity contribution in [3.8, 4) is 0 Å². The van der Waals surface area contributed by atoms with Crippen LogP contribution in [-0.2, 0) is 15.0 Å². The Morgan fingerprint density at radius 3 is 1.00 bits per heavy atom. The molecule has 112 valence electrons. The van der Waals surface area contributed by atoms with Crippen molar-refractivity contribution in [3.05, 3.63) is 10.1 Å². The molecule has 0 aromatic carbocycles. The van der Waals surface area contributed by atoms with Crippen molar-refractivity contribution >= 4 is 18.2 Å². The smallest absolute Gasteiger partial charge is 0.394 e. The predicted octanol–water partition coefficient (Wildman–Crippen LogP) is -2.70. The van der Waals surface area contributed by atoms with E-state index in [1.54, 1.807) is 0 Å². The lowest BCUT2D eigenvalue weighted by Crippen LogP contribution is -2.24. The Hall–Kier alpha value is -0.940. The fourth-order valence-corrected chi connectivity index (χ4v) is 0. The molecule has 17 heavy (non-hydrogen) atoms. The third-order valence-electron chi connectivity index (χ3n) is 0. The van der Waals surface area contributed by atoms with Crippen LogP contribution in [0.25, 0.3) is 0 Å². The monoisotopic (exact) mass is 310 g/mol. The van der Waals surface area contributed by atoms with E-state index in [-0.39, 0.29) is 18.5 Å². The van der Waals surface area contributed by atoms with Gasteiger partial charge in [-0.3, -0.25) is 9.11 Å². The van der Waals surface area contributed by atoms with Crippen LogP contribution in [0.3, 0.4) is 0 Å². The summed E-state index contributed by atoms with van der Waals surface area (Å²) >= 11 is 0. The molecule has 0 heterocycles. The molecule has 0 aliphatic rings. The first-order valence-electron chi connectivity index (χ1n) is 1.99. The first-order valence-corrected chi connectivity index (χ1v) is 4.85. The van der Waals surface area contributed by atoms with E-state index in [1.807, 2.05) is 0 Å². The van der Waals surface area contributed by atoms with E-state index in [9.17, 15) is 0 Å². The Balaban J connectivity index is -0.0000000247. The van der Waals surface area contributed by atoms with E-state index in [1.165, 1.54) is 0 Å². The van der Waals surface area contributed by atoms with Gasteiger partial charge in [0.2, 0.25) is 0 Å². The summed E-state index contributed by atoms with van der Waals surface area (Å²) in [6, 6.07) is 0. The van der Waals surface area contributed by atoms with Crippen LogP contribution in [-0.4, -0.2) is 27.8 Å². The summed E-state index contributed by atoms with van der Waals surface area (Å²) in [5, 5.41) is 13.6. The molecule has 0 aliphatic carbocycles. The molecule has 0 atom stereocenters. The molecule has 0 radical (unpaired) electrons. The SMILES string of the molecule is O=P([O-])([O-])[O-].O=S(=O)(O)O.O=[N+]([O-])O.[NH4+].[NH4+].[NH4+]. The van der Waals surface area contributed by atoms with Crippen LogP contribution >= 0.6 is 7.82 Å². The average molecular weight is 310 g/mol. The average Bonchev–Trinajstić information content (AvgIpc) is 1.45. The van der Waals surface area contributed by atoms with Gasteiger partial charge in [-0.05, 0) is 0 Å². The lowest BCUT2D eigenvalue weighted by Gasteiger charge is -2.36. The second-order valence-corrected chi connectivity index (χ2v) is 2.92. The highest BCUT2D eigenvalue weighted by Crippen LogP contribution is 2.03. The topological polar surface area (TPSA) is 334 Å². The van der Waals surface area contributed by atoms with Crippen molar-refractivity contribution < 1.29 is 47.1 Å². The number of hydrogen-bond donors (Lipinski definition) is 6. The van der Waals surface area contributed by atoms with Crippen LogP contribution in [0.1, 0.15) is 0 Å². The number of quaternary nitrogens is 3. The molecule has 0 bridgehead atoms. The van der Waals surface area contributed by atoms with E-state index < -0.39 is 23.3 Å². The molecular weight excluding hydrogens is 295 g/mol. The van der Waals surface area contributed by atoms with Gasteiger partial charge in [-0.25, -0.2) is 0 Å². The number of nitrogens with zero attached hydrogens (tertiary/aromatic N) is 1. The maximum atomic E-state index is 8.74. The van der Waals surface area contributed by atoms with E-state index in [2.05, 4.69) is 0 Å². The lowest BCUT2D eigenvalue weighted by molar-refractivity contribution is -0.742. The van der Waals surface area contributed by atoms with Crippen LogP contribution in [0.5, 0.6) is 0 Å². The first kappa shape index (κ1) is 36.0. The summed E-state index contributed by atoms with van der Waals surface area (Å²) in [7, 11) is -10.1. The lowest BCUT2D eigenvalue weighted by atomic mass is 13.1. The molecule has 0 rings (SSSR count). The van der Waals surface area contributed by atoms with E-state index in [0.29, 0.717) is 0 Å². The Labute approximate surface area is 94.8 Å². The predicted molar refractivity (Wildman–Crippen MR) is 48.5 cm³/mol. The Bertz CT molecular complexity index is 268. The van der Waals surface area contributed by atoms with Gasteiger partial charge in [0.1, 0.15) is 0 Å². The van der Waals surface area contributed by atoms with Crippen molar-refractivity contribution in [1.82, 2.24) is 18.5 Å². The van der Waals surface area contributed by atoms with Crippen molar-refractivity contribution in [1.29, 1.82) is 0 Å². The van der Waals surface area contributed by atoms with Crippen molar-refractivity contribution in [2.75, 3.05) is 0 Å². The van der Waals surface area contributed by atoms with Crippen LogP contribution in [0.4, 0.5) is 0 Å². The molecule has 0 unspecified atom stereocenters. The molecule has 0 aromatic heterocycles. The fraction of sp³-hybridized carbons (Fsp3) is 0. The largest absolute Gasteiger partial charge is 0.822 e. The summed E-state index contributed by atoms with van der Waals surface area (Å²) in [5.74, 6) is 0. The molecule has 0 saturated heterocycles. The zero-order valence-electron chi connectivity index (χ0n) is 8.91. The van der Waals surface area contributed by atoms with Gasteiger partial charge in [-0.15, -0.1) is 10.1 Å². The fourth-order valence-electron chi connectivity index (χ4n) is 0. The Morgan fingerprint density at radius 2 is 1.00 bits per heavy atom. The van der Waals surface area contributed by atoms with Gasteiger partial charge < -0.3 is 42.9 Å². The minimum absolute atomic E-state index is 0. The normalized spacial score (nSPS) is 8.29. The van der Waals surface area contributed by atoms with Crippen LogP contribution in [0, 0.1) is 10.1 Å². The van der Waals surface area contributed by atoms with Gasteiger partial charge in [-0.1, -0.05) is 0 Å². The van der Waals surface area contributed by atoms with Gasteiger partial charge in [0.25, 0.3) is 5.09 Å². The molecular formula is H15N4O11PS. The number of hydrogen-bond acceptors (Lipinski definition) is 8. The minimum atomic E-state index is -5.39. The van der Waals surface area contributed by atoms with Crippen molar-refractivity contribution in [2.24, 2.45) is 0 Å². The highest BCUT2D eigenvalue weighted by atomic mass is 32.3. The highest BCUT2D eigenvalue weighted by molar-refractivity contribution is 7.79. The van der Waals surface area contributed by atoms with Gasteiger partial charge in [-0.2, -0.15) is 16.2 Å². The zero-order chi connectivity index (χ0) is 12.6. The number of rotatable bonds is 0. The quantitative estimate of drug-likeness (QED) is 0.115. The third kappa shape index (κ3) is 2910. The van der Waals surface area contributed by atoms with Crippen LogP contribution in [0.15, 0.2) is 0 Å². The molecule has 15 N–H and O–H groups in total. The maximum absolute atomic E-state index is 8.74. The molecule has 0 amide bonds. The van der Waals surface area contributed by atoms with Gasteiger partial charge >= 0.3 is 10.4 Å². The highest BCUT2D eigenvalue weighted by Gasteiger charge is 1.84. The Kier molecular flexibility index (Phi) is 31.9. The minimum Gasteiger partial charge on any atom is -0.822 e. The maximum Gasteiger partial charge on any atom is 0.394 e. The molecule has 17 heteroatoms. The molecule has 0 spiro atoms.